The lowest BCUT2D eigenvalue weighted by Gasteiger charge is -2.26. The number of benzene rings is 3. The van der Waals surface area contributed by atoms with Gasteiger partial charge in [0.15, 0.2) is 0 Å². The van der Waals surface area contributed by atoms with E-state index < -0.39 is 0 Å². The first-order valence-corrected chi connectivity index (χ1v) is 11.3. The molecule has 0 N–H and O–H groups in total. The molecule has 3 aromatic rings. The van der Waals surface area contributed by atoms with Crippen molar-refractivity contribution in [1.29, 1.82) is 0 Å². The summed E-state index contributed by atoms with van der Waals surface area (Å²) in [6, 6.07) is 26.3. The van der Waals surface area contributed by atoms with Crippen LogP contribution in [-0.2, 0) is 0 Å². The van der Waals surface area contributed by atoms with Crippen molar-refractivity contribution in [1.82, 2.24) is 0 Å². The highest BCUT2D eigenvalue weighted by molar-refractivity contribution is 5.81. The molecule has 1 heteroatoms. The molecule has 0 atom stereocenters. The van der Waals surface area contributed by atoms with Crippen LogP contribution in [0, 0.1) is 6.92 Å². The molecule has 0 unspecified atom stereocenters. The van der Waals surface area contributed by atoms with Crippen molar-refractivity contribution in [2.45, 2.75) is 34.6 Å². The Morgan fingerprint density at radius 1 is 0.531 bits per heavy atom. The van der Waals surface area contributed by atoms with Gasteiger partial charge in [-0.1, -0.05) is 78.4 Å². The Bertz CT molecular complexity index is 1050. The Morgan fingerprint density at radius 2 is 0.875 bits per heavy atom. The van der Waals surface area contributed by atoms with Crippen molar-refractivity contribution in [3.05, 3.63) is 126 Å². The van der Waals surface area contributed by atoms with Crippen LogP contribution in [0.1, 0.15) is 44.4 Å². The average molecular weight is 420 g/mol. The molecule has 0 radical (unpaired) electrons. The first-order valence-electron chi connectivity index (χ1n) is 11.3. The Morgan fingerprint density at radius 3 is 1.19 bits per heavy atom. The molecule has 32 heavy (non-hydrogen) atoms. The van der Waals surface area contributed by atoms with Gasteiger partial charge in [0.2, 0.25) is 0 Å². The van der Waals surface area contributed by atoms with Gasteiger partial charge < -0.3 is 4.90 Å². The summed E-state index contributed by atoms with van der Waals surface area (Å²) in [4.78, 5) is 2.31. The lowest BCUT2D eigenvalue weighted by Crippen LogP contribution is -2.10. The smallest absolute Gasteiger partial charge is 0.0462 e. The van der Waals surface area contributed by atoms with Gasteiger partial charge in [-0.25, -0.2) is 0 Å². The quantitative estimate of drug-likeness (QED) is 0.345. The van der Waals surface area contributed by atoms with Crippen molar-refractivity contribution < 1.29 is 0 Å². The predicted molar refractivity (Wildman–Crippen MR) is 143 cm³/mol. The molecule has 0 aliphatic heterocycles. The number of hydrogen-bond acceptors (Lipinski definition) is 1. The van der Waals surface area contributed by atoms with E-state index in [4.69, 9.17) is 0 Å². The van der Waals surface area contributed by atoms with Gasteiger partial charge in [0.05, 0.1) is 0 Å². The van der Waals surface area contributed by atoms with Crippen LogP contribution in [-0.4, -0.2) is 0 Å². The summed E-state index contributed by atoms with van der Waals surface area (Å²) in [6.07, 6.45) is 12.8. The normalized spacial score (nSPS) is 12.7. The highest BCUT2D eigenvalue weighted by Crippen LogP contribution is 2.36. The summed E-state index contributed by atoms with van der Waals surface area (Å²) in [5.41, 5.74) is 9.58. The van der Waals surface area contributed by atoms with Gasteiger partial charge in [-0.2, -0.15) is 0 Å². The average Bonchev–Trinajstić information content (AvgIpc) is 2.83. The zero-order chi connectivity index (χ0) is 22.9. The second kappa shape index (κ2) is 11.2. The van der Waals surface area contributed by atoms with Crippen LogP contribution >= 0.6 is 0 Å². The Hall–Kier alpha value is -3.58. The lowest BCUT2D eigenvalue weighted by atomic mass is 10.0. The van der Waals surface area contributed by atoms with Crippen LogP contribution in [0.15, 0.2) is 109 Å². The zero-order valence-corrected chi connectivity index (χ0v) is 19.8. The minimum atomic E-state index is 1.14. The third kappa shape index (κ3) is 5.36. The van der Waals surface area contributed by atoms with Crippen LogP contribution in [0.3, 0.4) is 0 Å². The predicted octanol–water partition coefficient (Wildman–Crippen LogP) is 9.42. The number of anilines is 3. The van der Waals surface area contributed by atoms with Crippen molar-refractivity contribution in [3.8, 4) is 0 Å². The molecular weight excluding hydrogens is 386 g/mol. The van der Waals surface area contributed by atoms with E-state index in [9.17, 15) is 0 Å². The molecule has 3 aromatic carbocycles. The van der Waals surface area contributed by atoms with E-state index in [-0.39, 0.29) is 0 Å². The highest BCUT2D eigenvalue weighted by Gasteiger charge is 2.13. The molecule has 0 aliphatic carbocycles. The maximum absolute atomic E-state index is 2.31. The van der Waals surface area contributed by atoms with E-state index in [1.165, 1.54) is 27.8 Å². The van der Waals surface area contributed by atoms with Gasteiger partial charge in [-0.3, -0.25) is 0 Å². The number of allylic oxidation sites excluding steroid dienone is 8. The van der Waals surface area contributed by atoms with Gasteiger partial charge in [-0.15, -0.1) is 0 Å². The maximum atomic E-state index is 2.31. The molecule has 0 fully saturated rings. The topological polar surface area (TPSA) is 3.24 Å². The molecule has 0 heterocycles. The zero-order valence-electron chi connectivity index (χ0n) is 19.8. The third-order valence-electron chi connectivity index (χ3n) is 5.52. The molecule has 0 aliphatic rings. The summed E-state index contributed by atoms with van der Waals surface area (Å²) in [5, 5.41) is 0. The maximum Gasteiger partial charge on any atom is 0.0462 e. The first-order chi connectivity index (χ1) is 15.6. The van der Waals surface area contributed by atoms with Gasteiger partial charge >= 0.3 is 0 Å². The minimum Gasteiger partial charge on any atom is -0.311 e. The molecule has 0 saturated carbocycles. The second-order valence-corrected chi connectivity index (χ2v) is 7.75. The number of aryl methyl sites for hydroxylation is 1. The third-order valence-corrected chi connectivity index (χ3v) is 5.52. The van der Waals surface area contributed by atoms with E-state index in [0.29, 0.717) is 0 Å². The Balaban J connectivity index is 2.05. The molecule has 1 nitrogen and oxygen atoms in total. The molecule has 3 rings (SSSR count). The van der Waals surface area contributed by atoms with Gasteiger partial charge in [0, 0.05) is 17.1 Å². The summed E-state index contributed by atoms with van der Waals surface area (Å²) < 4.78 is 0. The molecule has 0 amide bonds. The summed E-state index contributed by atoms with van der Waals surface area (Å²) >= 11 is 0. The summed E-state index contributed by atoms with van der Waals surface area (Å²) in [7, 11) is 0. The molecule has 0 bridgehead atoms. The molecule has 0 aromatic heterocycles. The van der Waals surface area contributed by atoms with E-state index in [1.54, 1.807) is 0 Å². The standard InChI is InChI=1S/C31H33N/c1-6-10-25(8-3)27-14-20-30(21-15-27)32(29-18-12-24(5)13-19-29)31-22-16-28(17-23-31)26(9-4)11-7-2/h6-23H,1-5H3/b10-6-,11-7-,25-8+,26-9+. The van der Waals surface area contributed by atoms with E-state index in [1.807, 2.05) is 0 Å². The fraction of sp³-hybridized carbons (Fsp3) is 0.161. The highest BCUT2D eigenvalue weighted by atomic mass is 15.1. The van der Waals surface area contributed by atoms with E-state index in [0.717, 1.165) is 17.1 Å². The van der Waals surface area contributed by atoms with Crippen LogP contribution < -0.4 is 4.90 Å². The Kier molecular flexibility index (Phi) is 8.05. The fourth-order valence-electron chi connectivity index (χ4n) is 3.82. The Labute approximate surface area is 193 Å². The molecule has 0 saturated heterocycles. The van der Waals surface area contributed by atoms with E-state index >= 15 is 0 Å². The first kappa shape index (κ1) is 23.1. The van der Waals surface area contributed by atoms with Gasteiger partial charge in [0.25, 0.3) is 0 Å². The van der Waals surface area contributed by atoms with Crippen LogP contribution in [0.4, 0.5) is 17.1 Å². The fourth-order valence-corrected chi connectivity index (χ4v) is 3.82. The number of nitrogens with zero attached hydrogens (tertiary/aromatic N) is 1. The van der Waals surface area contributed by atoms with Crippen molar-refractivity contribution in [2.75, 3.05) is 4.90 Å². The molecule has 162 valence electrons. The minimum absolute atomic E-state index is 1.14. The van der Waals surface area contributed by atoms with Gasteiger partial charge in [-0.05, 0) is 93.3 Å². The monoisotopic (exact) mass is 419 g/mol. The SMILES string of the molecule is C/C=C\C(=C/C)c1ccc(N(c2ccc(C)cc2)c2ccc(C(/C=C\C)=C/C)cc2)cc1. The van der Waals surface area contributed by atoms with Gasteiger partial charge in [0.1, 0.15) is 0 Å². The van der Waals surface area contributed by atoms with Crippen LogP contribution in [0.2, 0.25) is 0 Å². The van der Waals surface area contributed by atoms with Crippen molar-refractivity contribution in [2.24, 2.45) is 0 Å². The number of hydrogen-bond donors (Lipinski definition) is 0. The molecule has 0 spiro atoms. The summed E-state index contributed by atoms with van der Waals surface area (Å²) in [6.45, 7) is 10.4. The van der Waals surface area contributed by atoms with Crippen LogP contribution in [0.25, 0.3) is 11.1 Å². The van der Waals surface area contributed by atoms with E-state index in [2.05, 4.69) is 149 Å². The van der Waals surface area contributed by atoms with Crippen molar-refractivity contribution >= 4 is 28.2 Å². The molecular formula is C31H33N. The largest absolute Gasteiger partial charge is 0.311 e. The lowest BCUT2D eigenvalue weighted by molar-refractivity contribution is 1.27. The van der Waals surface area contributed by atoms with Crippen molar-refractivity contribution in [3.63, 3.8) is 0 Å². The van der Waals surface area contributed by atoms with Crippen LogP contribution in [0.5, 0.6) is 0 Å². The second-order valence-electron chi connectivity index (χ2n) is 7.75. The summed E-state index contributed by atoms with van der Waals surface area (Å²) in [5.74, 6) is 0. The number of rotatable bonds is 7.